The van der Waals surface area contributed by atoms with E-state index in [1.54, 1.807) is 13.2 Å². The van der Waals surface area contributed by atoms with Gasteiger partial charge in [0.25, 0.3) is 0 Å². The van der Waals surface area contributed by atoms with Crippen molar-refractivity contribution in [2.24, 2.45) is 0 Å². The Morgan fingerprint density at radius 2 is 1.58 bits per heavy atom. The van der Waals surface area contributed by atoms with Gasteiger partial charge >= 0.3 is 0 Å². The minimum absolute atomic E-state index is 0.173. The van der Waals surface area contributed by atoms with Crippen molar-refractivity contribution in [2.75, 3.05) is 39.8 Å². The number of hydrogen-bond donors (Lipinski definition) is 3. The molecule has 140 valence electrons. The van der Waals surface area contributed by atoms with Crippen molar-refractivity contribution >= 4 is 0 Å². The molecule has 6 heteroatoms. The molecule has 0 amide bonds. The number of phenolic OH excluding ortho intramolecular Hbond substituents is 2. The summed E-state index contributed by atoms with van der Waals surface area (Å²) in [7, 11) is 1.67. The molecule has 0 aromatic heterocycles. The smallest absolute Gasteiger partial charge is 0.157 e. The average molecular weight is 358 g/mol. The van der Waals surface area contributed by atoms with Gasteiger partial charge in [-0.3, -0.25) is 9.80 Å². The van der Waals surface area contributed by atoms with Gasteiger partial charge in [0, 0.05) is 39.3 Å². The Morgan fingerprint density at radius 3 is 2.19 bits per heavy atom. The maximum absolute atomic E-state index is 10.4. The van der Waals surface area contributed by atoms with Crippen LogP contribution in [0.3, 0.4) is 0 Å². The van der Waals surface area contributed by atoms with E-state index in [1.807, 2.05) is 12.1 Å². The third-order valence-corrected chi connectivity index (χ3v) is 4.85. The summed E-state index contributed by atoms with van der Waals surface area (Å²) in [5.41, 5.74) is 1.87. The first-order chi connectivity index (χ1) is 12.5. The van der Waals surface area contributed by atoms with Crippen molar-refractivity contribution in [2.45, 2.75) is 12.6 Å². The molecule has 3 rings (SSSR count). The molecule has 1 aliphatic heterocycles. The van der Waals surface area contributed by atoms with Crippen LogP contribution in [0.1, 0.15) is 17.2 Å². The van der Waals surface area contributed by atoms with Crippen LogP contribution >= 0.6 is 0 Å². The number of ether oxygens (including phenoxy) is 1. The van der Waals surface area contributed by atoms with Gasteiger partial charge in [-0.25, -0.2) is 0 Å². The minimum Gasteiger partial charge on any atom is -0.504 e. The molecule has 0 saturated carbocycles. The number of aliphatic hydroxyl groups is 1. The number of rotatable bonds is 6. The molecule has 1 fully saturated rings. The summed E-state index contributed by atoms with van der Waals surface area (Å²) < 4.78 is 5.19. The second-order valence-corrected chi connectivity index (χ2v) is 6.69. The van der Waals surface area contributed by atoms with Crippen LogP contribution in [0, 0.1) is 0 Å². The molecule has 1 atom stereocenters. The zero-order chi connectivity index (χ0) is 18.5. The highest BCUT2D eigenvalue weighted by atomic mass is 16.5. The zero-order valence-electron chi connectivity index (χ0n) is 15.0. The van der Waals surface area contributed by atoms with E-state index in [2.05, 4.69) is 21.9 Å². The fourth-order valence-electron chi connectivity index (χ4n) is 3.22. The molecule has 2 aromatic carbocycles. The number of aromatic hydroxyl groups is 2. The van der Waals surface area contributed by atoms with Crippen LogP contribution in [0.4, 0.5) is 0 Å². The van der Waals surface area contributed by atoms with Crippen LogP contribution in [-0.4, -0.2) is 65.0 Å². The standard InChI is InChI=1S/C20H26N2O4/c1-26-17-5-2-15(3-6-17)13-21-8-10-22(11-9-21)14-20(25)16-4-7-18(23)19(24)12-16/h2-7,12,20,23-25H,8-11,13-14H2,1H3. The zero-order valence-corrected chi connectivity index (χ0v) is 15.0. The van der Waals surface area contributed by atoms with E-state index in [0.717, 1.165) is 38.5 Å². The van der Waals surface area contributed by atoms with Gasteiger partial charge in [0.05, 0.1) is 13.2 Å². The van der Waals surface area contributed by atoms with E-state index in [0.29, 0.717) is 12.1 Å². The van der Waals surface area contributed by atoms with Gasteiger partial charge < -0.3 is 20.1 Å². The van der Waals surface area contributed by atoms with Crippen LogP contribution in [0.25, 0.3) is 0 Å². The van der Waals surface area contributed by atoms with E-state index in [-0.39, 0.29) is 11.5 Å². The fourth-order valence-corrected chi connectivity index (χ4v) is 3.22. The Morgan fingerprint density at radius 1 is 0.923 bits per heavy atom. The molecular weight excluding hydrogens is 332 g/mol. The van der Waals surface area contributed by atoms with Crippen LogP contribution in [0.15, 0.2) is 42.5 Å². The molecule has 1 aliphatic rings. The molecule has 0 radical (unpaired) electrons. The van der Waals surface area contributed by atoms with Gasteiger partial charge in [0.1, 0.15) is 5.75 Å². The summed E-state index contributed by atoms with van der Waals surface area (Å²) in [6.45, 7) is 5.08. The molecule has 26 heavy (non-hydrogen) atoms. The number of aliphatic hydroxyl groups excluding tert-OH is 1. The highest BCUT2D eigenvalue weighted by molar-refractivity contribution is 5.41. The third-order valence-electron chi connectivity index (χ3n) is 4.85. The molecule has 0 bridgehead atoms. The molecule has 1 heterocycles. The third kappa shape index (κ3) is 4.66. The maximum Gasteiger partial charge on any atom is 0.157 e. The van der Waals surface area contributed by atoms with Crippen LogP contribution in [0.2, 0.25) is 0 Å². The summed E-state index contributed by atoms with van der Waals surface area (Å²) in [4.78, 5) is 4.62. The summed E-state index contributed by atoms with van der Waals surface area (Å²) in [5, 5.41) is 29.3. The van der Waals surface area contributed by atoms with E-state index in [4.69, 9.17) is 4.74 Å². The first-order valence-electron chi connectivity index (χ1n) is 8.83. The predicted molar refractivity (Wildman–Crippen MR) is 99.4 cm³/mol. The number of methoxy groups -OCH3 is 1. The molecule has 1 saturated heterocycles. The van der Waals surface area contributed by atoms with Gasteiger partial charge in [-0.15, -0.1) is 0 Å². The number of nitrogens with zero attached hydrogens (tertiary/aromatic N) is 2. The Kier molecular flexibility index (Phi) is 5.98. The van der Waals surface area contributed by atoms with E-state index >= 15 is 0 Å². The van der Waals surface area contributed by atoms with Gasteiger partial charge in [-0.1, -0.05) is 18.2 Å². The average Bonchev–Trinajstić information content (AvgIpc) is 2.66. The molecule has 0 spiro atoms. The Hall–Kier alpha value is -2.28. The monoisotopic (exact) mass is 358 g/mol. The van der Waals surface area contributed by atoms with Crippen LogP contribution in [0.5, 0.6) is 17.2 Å². The lowest BCUT2D eigenvalue weighted by Gasteiger charge is -2.35. The Labute approximate surface area is 153 Å². The molecule has 6 nitrogen and oxygen atoms in total. The van der Waals surface area contributed by atoms with Crippen molar-refractivity contribution in [3.8, 4) is 17.2 Å². The second kappa shape index (κ2) is 8.40. The quantitative estimate of drug-likeness (QED) is 0.686. The molecular formula is C20H26N2O4. The molecule has 1 unspecified atom stereocenters. The van der Waals surface area contributed by atoms with Crippen molar-refractivity contribution in [3.63, 3.8) is 0 Å². The number of benzene rings is 2. The highest BCUT2D eigenvalue weighted by Crippen LogP contribution is 2.28. The Balaban J connectivity index is 1.47. The molecule has 0 aliphatic carbocycles. The number of phenols is 2. The van der Waals surface area contributed by atoms with Crippen molar-refractivity contribution < 1.29 is 20.1 Å². The summed E-state index contributed by atoms with van der Waals surface area (Å²) in [5.74, 6) is 0.492. The van der Waals surface area contributed by atoms with Gasteiger partial charge in [-0.2, -0.15) is 0 Å². The second-order valence-electron chi connectivity index (χ2n) is 6.69. The SMILES string of the molecule is COc1ccc(CN2CCN(CC(O)c3ccc(O)c(O)c3)CC2)cc1. The van der Waals surface area contributed by atoms with Gasteiger partial charge in [-0.05, 0) is 35.4 Å². The van der Waals surface area contributed by atoms with Gasteiger partial charge in [0.15, 0.2) is 11.5 Å². The lowest BCUT2D eigenvalue weighted by atomic mass is 10.1. The van der Waals surface area contributed by atoms with Crippen LogP contribution < -0.4 is 4.74 Å². The van der Waals surface area contributed by atoms with Crippen LogP contribution in [-0.2, 0) is 6.54 Å². The molecule has 2 aromatic rings. The lowest BCUT2D eigenvalue weighted by Crippen LogP contribution is -2.47. The lowest BCUT2D eigenvalue weighted by molar-refractivity contribution is 0.0700. The Bertz CT molecular complexity index is 712. The number of piperazine rings is 1. The van der Waals surface area contributed by atoms with Gasteiger partial charge in [0.2, 0.25) is 0 Å². The highest BCUT2D eigenvalue weighted by Gasteiger charge is 2.20. The number of β-amino-alcohol motifs (C(OH)–C–C–N with tert-alkyl or cyclic N) is 1. The van der Waals surface area contributed by atoms with E-state index < -0.39 is 6.10 Å². The first-order valence-corrected chi connectivity index (χ1v) is 8.83. The topological polar surface area (TPSA) is 76.4 Å². The maximum atomic E-state index is 10.4. The van der Waals surface area contributed by atoms with Crippen molar-refractivity contribution in [3.05, 3.63) is 53.6 Å². The summed E-state index contributed by atoms with van der Waals surface area (Å²) >= 11 is 0. The summed E-state index contributed by atoms with van der Waals surface area (Å²) in [6.07, 6.45) is -0.686. The first kappa shape index (κ1) is 18.5. The van der Waals surface area contributed by atoms with Crippen molar-refractivity contribution in [1.82, 2.24) is 9.80 Å². The molecule has 3 N–H and O–H groups in total. The fraction of sp³-hybridized carbons (Fsp3) is 0.400. The minimum atomic E-state index is -0.686. The van der Waals surface area contributed by atoms with E-state index in [9.17, 15) is 15.3 Å². The number of hydrogen-bond acceptors (Lipinski definition) is 6. The normalized spacial score (nSPS) is 17.2. The summed E-state index contributed by atoms with van der Waals surface area (Å²) in [6, 6.07) is 12.6. The largest absolute Gasteiger partial charge is 0.504 e. The van der Waals surface area contributed by atoms with E-state index in [1.165, 1.54) is 17.7 Å². The predicted octanol–water partition coefficient (Wildman–Crippen LogP) is 1.96. The van der Waals surface area contributed by atoms with Crippen molar-refractivity contribution in [1.29, 1.82) is 0 Å².